The van der Waals surface area contributed by atoms with Gasteiger partial charge >= 0.3 is 12.2 Å². The molecule has 7 nitrogen and oxygen atoms in total. The van der Waals surface area contributed by atoms with Crippen LogP contribution in [0.15, 0.2) is 24.3 Å². The quantitative estimate of drug-likeness (QED) is 0.648. The third-order valence-corrected chi connectivity index (χ3v) is 4.66. The number of ether oxygens (including phenoxy) is 2. The van der Waals surface area contributed by atoms with Crippen LogP contribution in [0.3, 0.4) is 0 Å². The Bertz CT molecular complexity index is 986. The zero-order valence-corrected chi connectivity index (χ0v) is 19.0. The van der Waals surface area contributed by atoms with Gasteiger partial charge in [0.1, 0.15) is 17.0 Å². The molecule has 0 unspecified atom stereocenters. The number of fused-ring (bicyclic) bond motifs is 1. The largest absolute Gasteiger partial charge is 0.444 e. The normalized spacial score (nSPS) is 14.6. The van der Waals surface area contributed by atoms with Crippen LogP contribution in [-0.2, 0) is 22.3 Å². The van der Waals surface area contributed by atoms with Gasteiger partial charge in [0, 0.05) is 30.6 Å². The Morgan fingerprint density at radius 3 is 2.19 bits per heavy atom. The Hall–Kier alpha value is -2.90. The molecule has 0 atom stereocenters. The van der Waals surface area contributed by atoms with Crippen LogP contribution in [0.1, 0.15) is 52.8 Å². The van der Waals surface area contributed by atoms with Crippen LogP contribution in [0.5, 0.6) is 0 Å². The molecule has 1 amide bonds. The van der Waals surface area contributed by atoms with Crippen molar-refractivity contribution < 1.29 is 23.5 Å². The van der Waals surface area contributed by atoms with Gasteiger partial charge in [-0.05, 0) is 60.1 Å². The molecule has 0 saturated carbocycles. The highest BCUT2D eigenvalue weighted by atomic mass is 19.1. The zero-order chi connectivity index (χ0) is 23.0. The smallest absolute Gasteiger partial charge is 0.435 e. The van der Waals surface area contributed by atoms with E-state index in [2.05, 4.69) is 5.10 Å². The molecule has 1 aromatic heterocycles. The lowest BCUT2D eigenvalue weighted by atomic mass is 10.0. The van der Waals surface area contributed by atoms with Gasteiger partial charge in [0.05, 0.1) is 11.4 Å². The fraction of sp³-hybridized carbons (Fsp3) is 0.522. The van der Waals surface area contributed by atoms with Gasteiger partial charge in [-0.15, -0.1) is 0 Å². The fourth-order valence-corrected chi connectivity index (χ4v) is 3.44. The van der Waals surface area contributed by atoms with Crippen molar-refractivity contribution in [3.05, 3.63) is 41.3 Å². The highest BCUT2D eigenvalue weighted by molar-refractivity contribution is 5.75. The summed E-state index contributed by atoms with van der Waals surface area (Å²) in [6, 6.07) is 6.10. The molecule has 1 aromatic carbocycles. The number of nitrogens with zero attached hydrogens (tertiary/aromatic N) is 3. The number of carbonyl (C=O) groups excluding carboxylic acids is 2. The van der Waals surface area contributed by atoms with Gasteiger partial charge < -0.3 is 14.4 Å². The van der Waals surface area contributed by atoms with Crippen LogP contribution in [0, 0.1) is 5.82 Å². The minimum atomic E-state index is -0.692. The first-order valence-electron chi connectivity index (χ1n) is 10.4. The van der Waals surface area contributed by atoms with Crippen molar-refractivity contribution >= 4 is 12.2 Å². The number of halogens is 1. The Kier molecular flexibility index (Phi) is 6.11. The number of hydrogen-bond donors (Lipinski definition) is 0. The van der Waals surface area contributed by atoms with Gasteiger partial charge in [-0.2, -0.15) is 9.78 Å². The number of aromatic nitrogens is 2. The summed E-state index contributed by atoms with van der Waals surface area (Å²) in [5, 5.41) is 4.50. The highest BCUT2D eigenvalue weighted by Gasteiger charge is 2.31. The average molecular weight is 432 g/mol. The predicted octanol–water partition coefficient (Wildman–Crippen LogP) is 4.81. The van der Waals surface area contributed by atoms with E-state index in [0.717, 1.165) is 5.56 Å². The molecule has 8 heteroatoms. The SMILES string of the molecule is CC(C)(C)OC(=O)N1CCc2c(-c3cccc(F)c3)nn(C(=O)OC(C)(C)C)c2CC1. The van der Waals surface area contributed by atoms with Gasteiger partial charge in [-0.25, -0.2) is 14.0 Å². The van der Waals surface area contributed by atoms with E-state index in [4.69, 9.17) is 9.47 Å². The maximum atomic E-state index is 13.9. The number of hydrogen-bond acceptors (Lipinski definition) is 5. The summed E-state index contributed by atoms with van der Waals surface area (Å²) in [6.45, 7) is 11.6. The summed E-state index contributed by atoms with van der Waals surface area (Å²) >= 11 is 0. The van der Waals surface area contributed by atoms with Crippen molar-refractivity contribution in [3.63, 3.8) is 0 Å². The standard InChI is InChI=1S/C23H30FN3O4/c1-22(2,3)30-20(28)26-12-10-17-18(11-13-26)27(21(29)31-23(4,5)6)25-19(17)15-8-7-9-16(24)14-15/h7-9,14H,10-13H2,1-6H3. The second kappa shape index (κ2) is 8.32. The lowest BCUT2D eigenvalue weighted by molar-refractivity contribution is 0.0258. The summed E-state index contributed by atoms with van der Waals surface area (Å²) in [7, 11) is 0. The maximum absolute atomic E-state index is 13.9. The molecule has 0 fully saturated rings. The van der Waals surface area contributed by atoms with Crippen LogP contribution < -0.4 is 0 Å². The third-order valence-electron chi connectivity index (χ3n) is 4.66. The second-order valence-corrected chi connectivity index (χ2v) is 9.64. The monoisotopic (exact) mass is 431 g/mol. The molecule has 1 aliphatic heterocycles. The van der Waals surface area contributed by atoms with Gasteiger partial charge in [0.15, 0.2) is 0 Å². The van der Waals surface area contributed by atoms with Crippen LogP contribution in [-0.4, -0.2) is 51.2 Å². The number of benzene rings is 1. The van der Waals surface area contributed by atoms with E-state index in [0.29, 0.717) is 42.9 Å². The molecule has 2 heterocycles. The Labute approximate surface area is 182 Å². The Balaban J connectivity index is 1.98. The van der Waals surface area contributed by atoms with E-state index in [1.54, 1.807) is 37.8 Å². The van der Waals surface area contributed by atoms with Crippen LogP contribution in [0.4, 0.5) is 14.0 Å². The van der Waals surface area contributed by atoms with E-state index < -0.39 is 23.4 Å². The number of rotatable bonds is 1. The van der Waals surface area contributed by atoms with E-state index >= 15 is 0 Å². The average Bonchev–Trinajstić information content (AvgIpc) is 2.83. The molecule has 0 saturated heterocycles. The number of amides is 1. The minimum absolute atomic E-state index is 0.374. The van der Waals surface area contributed by atoms with Crippen LogP contribution in [0.25, 0.3) is 11.3 Å². The Morgan fingerprint density at radius 1 is 0.968 bits per heavy atom. The molecule has 3 rings (SSSR count). The molecule has 31 heavy (non-hydrogen) atoms. The van der Waals surface area contributed by atoms with Crippen molar-refractivity contribution in [2.24, 2.45) is 0 Å². The van der Waals surface area contributed by atoms with Gasteiger partial charge in [-0.3, -0.25) is 0 Å². The minimum Gasteiger partial charge on any atom is -0.444 e. The van der Waals surface area contributed by atoms with Crippen molar-refractivity contribution in [3.8, 4) is 11.3 Å². The van der Waals surface area contributed by atoms with Crippen molar-refractivity contribution in [1.29, 1.82) is 0 Å². The zero-order valence-electron chi connectivity index (χ0n) is 19.0. The van der Waals surface area contributed by atoms with Gasteiger partial charge in [0.25, 0.3) is 0 Å². The van der Waals surface area contributed by atoms with E-state index in [9.17, 15) is 14.0 Å². The molecule has 0 N–H and O–H groups in total. The van der Waals surface area contributed by atoms with Crippen LogP contribution in [0.2, 0.25) is 0 Å². The van der Waals surface area contributed by atoms with E-state index in [1.807, 2.05) is 20.8 Å². The third kappa shape index (κ3) is 5.62. The second-order valence-electron chi connectivity index (χ2n) is 9.64. The topological polar surface area (TPSA) is 73.7 Å². The van der Waals surface area contributed by atoms with Crippen molar-refractivity contribution in [1.82, 2.24) is 14.7 Å². The molecule has 1 aliphatic rings. The van der Waals surface area contributed by atoms with E-state index in [-0.39, 0.29) is 5.82 Å². The van der Waals surface area contributed by atoms with Crippen molar-refractivity contribution in [2.45, 2.75) is 65.6 Å². The molecule has 0 bridgehead atoms. The van der Waals surface area contributed by atoms with Gasteiger partial charge in [-0.1, -0.05) is 12.1 Å². The molecule has 0 spiro atoms. The first-order valence-corrected chi connectivity index (χ1v) is 10.4. The van der Waals surface area contributed by atoms with Gasteiger partial charge in [0.2, 0.25) is 0 Å². The summed E-state index contributed by atoms with van der Waals surface area (Å²) in [5.41, 5.74) is 1.27. The van der Waals surface area contributed by atoms with Crippen molar-refractivity contribution in [2.75, 3.05) is 13.1 Å². The first-order chi connectivity index (χ1) is 14.3. The molecule has 168 valence electrons. The summed E-state index contributed by atoms with van der Waals surface area (Å²) in [5.74, 6) is -0.387. The summed E-state index contributed by atoms with van der Waals surface area (Å²) < 4.78 is 26.2. The molecule has 0 aliphatic carbocycles. The maximum Gasteiger partial charge on any atom is 0.435 e. The highest BCUT2D eigenvalue weighted by Crippen LogP contribution is 2.30. The molecular weight excluding hydrogens is 401 g/mol. The number of carbonyl (C=O) groups is 2. The molecule has 2 aromatic rings. The summed E-state index contributed by atoms with van der Waals surface area (Å²) in [4.78, 5) is 27.1. The predicted molar refractivity (Wildman–Crippen MR) is 114 cm³/mol. The fourth-order valence-electron chi connectivity index (χ4n) is 3.44. The lowest BCUT2D eigenvalue weighted by Crippen LogP contribution is -2.38. The van der Waals surface area contributed by atoms with E-state index in [1.165, 1.54) is 16.8 Å². The lowest BCUT2D eigenvalue weighted by Gasteiger charge is -2.26. The molecule has 0 radical (unpaired) electrons. The Morgan fingerprint density at radius 2 is 1.58 bits per heavy atom. The molecular formula is C23H30FN3O4. The first kappa shape index (κ1) is 22.8. The summed E-state index contributed by atoms with van der Waals surface area (Å²) in [6.07, 6.45) is -0.141. The van der Waals surface area contributed by atoms with Crippen LogP contribution >= 0.6 is 0 Å².